The molecule has 0 radical (unpaired) electrons. The van der Waals surface area contributed by atoms with E-state index < -0.39 is 17.9 Å². The van der Waals surface area contributed by atoms with Gasteiger partial charge in [-0.3, -0.25) is 14.4 Å². The predicted octanol–water partition coefficient (Wildman–Crippen LogP) is 18.8. The summed E-state index contributed by atoms with van der Waals surface area (Å²) in [4.78, 5) is 31.0. The van der Waals surface area contributed by atoms with Crippen LogP contribution in [0.5, 0.6) is 0 Å². The summed E-state index contributed by atoms with van der Waals surface area (Å²) in [6.45, 7) is 6.81. The van der Waals surface area contributed by atoms with Crippen LogP contribution in [-0.4, -0.2) is 71.0 Å². The summed E-state index contributed by atoms with van der Waals surface area (Å²) in [6.07, 6.45) is 60.6. The van der Waals surface area contributed by atoms with Crippen molar-refractivity contribution >= 4 is 55.6 Å². The summed E-state index contributed by atoms with van der Waals surface area (Å²) in [7, 11) is 0. The summed E-state index contributed by atoms with van der Waals surface area (Å²) in [5.41, 5.74) is 0. The van der Waals surface area contributed by atoms with Gasteiger partial charge in [0.1, 0.15) is 0 Å². The van der Waals surface area contributed by atoms with Gasteiger partial charge in [0, 0.05) is 19.3 Å². The van der Waals surface area contributed by atoms with Crippen molar-refractivity contribution in [2.45, 2.75) is 329 Å². The zero-order chi connectivity index (χ0) is 44.7. The third-order valence-electron chi connectivity index (χ3n) is 12.0. The fourth-order valence-corrected chi connectivity index (χ4v) is 7.94. The number of aliphatic carboxylic acids is 3. The second-order valence-electron chi connectivity index (χ2n) is 18.3. The first-order chi connectivity index (χ1) is 29.3. The first-order valence-electron chi connectivity index (χ1n) is 27.0. The van der Waals surface area contributed by atoms with Crippen LogP contribution in [-0.2, 0) is 14.4 Å². The van der Waals surface area contributed by atoms with E-state index in [0.29, 0.717) is 19.3 Å². The average Bonchev–Trinajstić information content (AvgIpc) is 3.22. The molecular weight excluding hydrogens is 785 g/mol. The fourth-order valence-electron chi connectivity index (χ4n) is 7.94. The van der Waals surface area contributed by atoms with Gasteiger partial charge in [-0.05, 0) is 19.3 Å². The minimum atomic E-state index is -0.653. The van der Waals surface area contributed by atoms with Crippen LogP contribution in [0, 0.1) is 0 Å². The molecule has 0 unspecified atom stereocenters. The fraction of sp³-hybridized carbons (Fsp3) is 0.944. The molecule has 0 spiro atoms. The molecule has 0 atom stereocenters. The van der Waals surface area contributed by atoms with Crippen LogP contribution >= 0.6 is 0 Å². The Balaban J connectivity index is -0.000000189. The van der Waals surface area contributed by atoms with E-state index in [-0.39, 0.29) is 40.6 Å². The van der Waals surface area contributed by atoms with E-state index >= 15 is 0 Å². The zero-order valence-electron chi connectivity index (χ0n) is 43.7. The molecule has 61 heavy (non-hydrogen) atoms. The minimum Gasteiger partial charge on any atom is -1.00 e. The molecule has 0 saturated carbocycles. The van der Waals surface area contributed by atoms with Crippen LogP contribution < -0.4 is 0 Å². The number of hydrogen-bond donors (Lipinski definition) is 3. The topological polar surface area (TPSA) is 112 Å². The molecular formula is C54H110CaO6. The van der Waals surface area contributed by atoms with E-state index in [2.05, 4.69) is 20.8 Å². The van der Waals surface area contributed by atoms with E-state index in [1.807, 2.05) is 0 Å². The van der Waals surface area contributed by atoms with Gasteiger partial charge >= 0.3 is 55.6 Å². The number of rotatable bonds is 48. The molecule has 0 heterocycles. The molecule has 364 valence electrons. The molecule has 3 N–H and O–H groups in total. The largest absolute Gasteiger partial charge is 2.00 e. The Kier molecular flexibility index (Phi) is 70.5. The molecule has 0 aromatic rings. The van der Waals surface area contributed by atoms with Gasteiger partial charge in [0.05, 0.1) is 0 Å². The van der Waals surface area contributed by atoms with Gasteiger partial charge in [0.2, 0.25) is 0 Å². The van der Waals surface area contributed by atoms with Crippen molar-refractivity contribution in [2.24, 2.45) is 0 Å². The van der Waals surface area contributed by atoms with Crippen LogP contribution in [0.2, 0.25) is 0 Å². The van der Waals surface area contributed by atoms with Crippen LogP contribution in [0.3, 0.4) is 0 Å². The van der Waals surface area contributed by atoms with Gasteiger partial charge in [0.15, 0.2) is 0 Å². The van der Waals surface area contributed by atoms with E-state index in [0.717, 1.165) is 38.5 Å². The minimum absolute atomic E-state index is 0. The first-order valence-corrected chi connectivity index (χ1v) is 27.0. The standard InChI is InChI=1S/3C18H36O2.Ca.2H/c3*1-2-3-4-5-6-7-8-9-10-11-12-13-14-15-16-17-18(19)20;;;/h3*2-17H2,1H3,(H,19,20);;;/q;;;+2;2*-1. The number of hydrogen-bond acceptors (Lipinski definition) is 3. The molecule has 7 heteroatoms. The zero-order valence-corrected chi connectivity index (χ0v) is 43.9. The van der Waals surface area contributed by atoms with E-state index in [1.54, 1.807) is 0 Å². The van der Waals surface area contributed by atoms with E-state index in [1.165, 1.54) is 250 Å². The maximum absolute atomic E-state index is 10.3. The van der Waals surface area contributed by atoms with Crippen LogP contribution in [0.25, 0.3) is 0 Å². The van der Waals surface area contributed by atoms with Crippen molar-refractivity contribution in [3.05, 3.63) is 0 Å². The second kappa shape index (κ2) is 64.0. The molecule has 0 aliphatic heterocycles. The van der Waals surface area contributed by atoms with Gasteiger partial charge in [-0.1, -0.05) is 290 Å². The van der Waals surface area contributed by atoms with Crippen LogP contribution in [0.1, 0.15) is 332 Å². The van der Waals surface area contributed by atoms with Crippen molar-refractivity contribution in [1.29, 1.82) is 0 Å². The molecule has 0 aromatic carbocycles. The monoisotopic (exact) mass is 895 g/mol. The normalized spacial score (nSPS) is 10.7. The molecule has 6 nitrogen and oxygen atoms in total. The van der Waals surface area contributed by atoms with Crippen molar-refractivity contribution in [3.8, 4) is 0 Å². The smallest absolute Gasteiger partial charge is 1.00 e. The molecule has 0 rings (SSSR count). The Morgan fingerprint density at radius 3 is 0.426 bits per heavy atom. The van der Waals surface area contributed by atoms with Gasteiger partial charge in [-0.15, -0.1) is 0 Å². The molecule has 0 aliphatic carbocycles. The van der Waals surface area contributed by atoms with Crippen molar-refractivity contribution in [1.82, 2.24) is 0 Å². The van der Waals surface area contributed by atoms with Gasteiger partial charge in [-0.25, -0.2) is 0 Å². The van der Waals surface area contributed by atoms with E-state index in [4.69, 9.17) is 15.3 Å². The Hall–Kier alpha value is -0.330. The molecule has 0 saturated heterocycles. The van der Waals surface area contributed by atoms with Crippen molar-refractivity contribution < 1.29 is 32.6 Å². The molecule has 0 fully saturated rings. The third-order valence-corrected chi connectivity index (χ3v) is 12.0. The summed E-state index contributed by atoms with van der Waals surface area (Å²) in [6, 6.07) is 0. The SMILES string of the molecule is CCCCCCCCCCCCCCCCCC(=O)O.CCCCCCCCCCCCCCCCCC(=O)O.CCCCCCCCCCCCCCCCCC(=O)O.[Ca+2].[H-].[H-]. The summed E-state index contributed by atoms with van der Waals surface area (Å²) >= 11 is 0. The Bertz CT molecular complexity index is 730. The maximum atomic E-state index is 10.3. The number of carbonyl (C=O) groups is 3. The second-order valence-corrected chi connectivity index (χ2v) is 18.3. The van der Waals surface area contributed by atoms with Crippen molar-refractivity contribution in [2.75, 3.05) is 0 Å². The molecule has 0 bridgehead atoms. The Morgan fingerprint density at radius 2 is 0.328 bits per heavy atom. The maximum Gasteiger partial charge on any atom is 2.00 e. The molecule has 0 amide bonds. The van der Waals surface area contributed by atoms with Crippen LogP contribution in [0.4, 0.5) is 0 Å². The predicted molar refractivity (Wildman–Crippen MR) is 270 cm³/mol. The van der Waals surface area contributed by atoms with Crippen LogP contribution in [0.15, 0.2) is 0 Å². The quantitative estimate of drug-likeness (QED) is 0.0414. The Morgan fingerprint density at radius 1 is 0.230 bits per heavy atom. The summed E-state index contributed by atoms with van der Waals surface area (Å²) in [5.74, 6) is -1.96. The number of unbranched alkanes of at least 4 members (excludes halogenated alkanes) is 42. The third kappa shape index (κ3) is 77.3. The number of carboxylic acids is 3. The number of carboxylic acid groups (broad SMARTS) is 3. The van der Waals surface area contributed by atoms with E-state index in [9.17, 15) is 14.4 Å². The Labute approximate surface area is 414 Å². The van der Waals surface area contributed by atoms with Crippen molar-refractivity contribution in [3.63, 3.8) is 0 Å². The molecule has 0 aliphatic rings. The molecule has 0 aromatic heterocycles. The van der Waals surface area contributed by atoms with Gasteiger partial charge in [-0.2, -0.15) is 0 Å². The summed E-state index contributed by atoms with van der Waals surface area (Å²) < 4.78 is 0. The average molecular weight is 896 g/mol. The summed E-state index contributed by atoms with van der Waals surface area (Å²) in [5, 5.41) is 25.6. The first kappa shape index (κ1) is 67.3. The van der Waals surface area contributed by atoms with Gasteiger partial charge in [0.25, 0.3) is 0 Å². The van der Waals surface area contributed by atoms with Gasteiger partial charge < -0.3 is 18.2 Å².